The second-order valence-electron chi connectivity index (χ2n) is 9.41. The van der Waals surface area contributed by atoms with Crippen LogP contribution in [0.25, 0.3) is 21.6 Å². The molecule has 0 bridgehead atoms. The van der Waals surface area contributed by atoms with Crippen molar-refractivity contribution in [2.75, 3.05) is 24.4 Å². The Morgan fingerprint density at radius 3 is 2.89 bits per heavy atom. The van der Waals surface area contributed by atoms with Gasteiger partial charge in [0.05, 0.1) is 24.6 Å². The van der Waals surface area contributed by atoms with E-state index in [4.69, 9.17) is 14.5 Å². The van der Waals surface area contributed by atoms with E-state index in [1.165, 1.54) is 11.3 Å². The summed E-state index contributed by atoms with van der Waals surface area (Å²) in [5.41, 5.74) is 4.06. The highest BCUT2D eigenvalue weighted by Crippen LogP contribution is 2.65. The molecule has 0 radical (unpaired) electrons. The number of H-pyrrole nitrogens is 1. The van der Waals surface area contributed by atoms with Gasteiger partial charge in [0.2, 0.25) is 5.91 Å². The third kappa shape index (κ3) is 3.44. The van der Waals surface area contributed by atoms with Crippen molar-refractivity contribution < 1.29 is 14.3 Å². The van der Waals surface area contributed by atoms with Gasteiger partial charge < -0.3 is 20.1 Å². The first-order valence-electron chi connectivity index (χ1n) is 12.4. The average molecular weight is 525 g/mol. The molecular formula is C28H24N6O3S. The minimum absolute atomic E-state index is 0.0486. The Morgan fingerprint density at radius 2 is 2.08 bits per heavy atom. The molecule has 1 spiro atoms. The number of nitrogens with one attached hydrogen (secondary N) is 3. The molecular weight excluding hydrogens is 500 g/mol. The number of anilines is 3. The third-order valence-corrected chi connectivity index (χ3v) is 8.15. The van der Waals surface area contributed by atoms with Gasteiger partial charge in [0.25, 0.3) is 0 Å². The van der Waals surface area contributed by atoms with Crippen molar-refractivity contribution in [1.29, 1.82) is 0 Å². The van der Waals surface area contributed by atoms with E-state index in [1.54, 1.807) is 13.3 Å². The Bertz CT molecular complexity index is 1700. The van der Waals surface area contributed by atoms with Crippen LogP contribution in [0.1, 0.15) is 30.4 Å². The van der Waals surface area contributed by atoms with E-state index < -0.39 is 5.41 Å². The van der Waals surface area contributed by atoms with Gasteiger partial charge in [-0.15, -0.1) is 11.3 Å². The van der Waals surface area contributed by atoms with Crippen molar-refractivity contribution in [2.45, 2.75) is 24.7 Å². The van der Waals surface area contributed by atoms with Crippen LogP contribution in [0.3, 0.4) is 0 Å². The van der Waals surface area contributed by atoms with Crippen LogP contribution < -0.4 is 20.1 Å². The van der Waals surface area contributed by atoms with Crippen molar-refractivity contribution in [1.82, 2.24) is 20.2 Å². The fourth-order valence-corrected chi connectivity index (χ4v) is 6.04. The van der Waals surface area contributed by atoms with Crippen LogP contribution >= 0.6 is 11.3 Å². The summed E-state index contributed by atoms with van der Waals surface area (Å²) in [4.78, 5) is 22.2. The largest absolute Gasteiger partial charge is 0.497 e. The maximum Gasteiger partial charge on any atom is 0.235 e. The van der Waals surface area contributed by atoms with Gasteiger partial charge in [0.15, 0.2) is 17.4 Å². The van der Waals surface area contributed by atoms with Crippen LogP contribution in [-0.4, -0.2) is 39.8 Å². The molecule has 4 heterocycles. The van der Waals surface area contributed by atoms with Crippen molar-refractivity contribution in [3.63, 3.8) is 0 Å². The molecule has 7 rings (SSSR count). The summed E-state index contributed by atoms with van der Waals surface area (Å²) in [5, 5.41) is 17.7. The predicted octanol–water partition coefficient (Wildman–Crippen LogP) is 5.61. The first kappa shape index (κ1) is 22.7. The van der Waals surface area contributed by atoms with Gasteiger partial charge in [-0.2, -0.15) is 5.10 Å². The molecule has 1 amide bonds. The van der Waals surface area contributed by atoms with E-state index in [2.05, 4.69) is 37.9 Å². The lowest BCUT2D eigenvalue weighted by Gasteiger charge is -2.12. The second kappa shape index (κ2) is 8.56. The molecule has 9 nitrogen and oxygen atoms in total. The first-order valence-corrected chi connectivity index (χ1v) is 13.3. The Morgan fingerprint density at radius 1 is 1.16 bits per heavy atom. The van der Waals surface area contributed by atoms with Crippen LogP contribution in [0, 0.1) is 0 Å². The Labute approximate surface area is 222 Å². The lowest BCUT2D eigenvalue weighted by atomic mass is 9.91. The molecule has 1 aliphatic carbocycles. The van der Waals surface area contributed by atoms with E-state index in [-0.39, 0.29) is 11.8 Å². The summed E-state index contributed by atoms with van der Waals surface area (Å²) >= 11 is 1.53. The number of methoxy groups -OCH3 is 1. The van der Waals surface area contributed by atoms with E-state index in [0.29, 0.717) is 24.0 Å². The minimum atomic E-state index is -0.550. The molecule has 3 N–H and O–H groups in total. The Hall–Kier alpha value is -4.44. The molecule has 2 aliphatic rings. The highest BCUT2D eigenvalue weighted by molar-refractivity contribution is 7.13. The van der Waals surface area contributed by atoms with E-state index in [1.807, 2.05) is 48.7 Å². The molecule has 1 fully saturated rings. The maximum atomic E-state index is 13.1. The maximum absolute atomic E-state index is 13.1. The number of thiazole rings is 1. The van der Waals surface area contributed by atoms with Crippen molar-refractivity contribution in [2.24, 2.45) is 0 Å². The molecule has 1 saturated carbocycles. The molecule has 0 unspecified atom stereocenters. The van der Waals surface area contributed by atoms with Crippen LogP contribution in [0.4, 0.5) is 17.3 Å². The molecule has 2 aromatic carbocycles. The van der Waals surface area contributed by atoms with Gasteiger partial charge in [0.1, 0.15) is 16.5 Å². The molecule has 1 aliphatic heterocycles. The van der Waals surface area contributed by atoms with Gasteiger partial charge in [-0.05, 0) is 66.9 Å². The Balaban J connectivity index is 1.20. The van der Waals surface area contributed by atoms with Crippen LogP contribution in [0.2, 0.25) is 0 Å². The zero-order valence-electron chi connectivity index (χ0n) is 20.7. The number of aromatic nitrogens is 4. The summed E-state index contributed by atoms with van der Waals surface area (Å²) < 4.78 is 11.2. The molecule has 3 aromatic heterocycles. The number of carbonyl (C=O) groups excluding carboxylic acids is 1. The number of aromatic amines is 1. The van der Waals surface area contributed by atoms with E-state index >= 15 is 0 Å². The monoisotopic (exact) mass is 524 g/mol. The summed E-state index contributed by atoms with van der Waals surface area (Å²) in [6.45, 7) is 2.46. The van der Waals surface area contributed by atoms with Gasteiger partial charge in [-0.25, -0.2) is 9.97 Å². The quantitative estimate of drug-likeness (QED) is 0.254. The zero-order chi connectivity index (χ0) is 25.9. The fourth-order valence-electron chi connectivity index (χ4n) is 5.44. The SMILES string of the molecule is CCOc1ccc(-c2nccs2)nc1Nc1n[nH]c2cc([C@@H]3C[C@@]34C(=O)Nc3ccc(OC)cc34)ccc12. The number of amides is 1. The van der Waals surface area contributed by atoms with E-state index in [9.17, 15) is 4.79 Å². The number of hydrogen-bond acceptors (Lipinski definition) is 8. The zero-order valence-corrected chi connectivity index (χ0v) is 21.6. The van der Waals surface area contributed by atoms with Crippen LogP contribution in [0.5, 0.6) is 11.5 Å². The molecule has 5 aromatic rings. The van der Waals surface area contributed by atoms with Crippen molar-refractivity contribution >= 4 is 45.5 Å². The summed E-state index contributed by atoms with van der Waals surface area (Å²) in [6, 6.07) is 15.8. The number of benzene rings is 2. The minimum Gasteiger partial charge on any atom is -0.497 e. The smallest absolute Gasteiger partial charge is 0.235 e. The number of rotatable bonds is 7. The lowest BCUT2D eigenvalue weighted by molar-refractivity contribution is -0.118. The van der Waals surface area contributed by atoms with Crippen molar-refractivity contribution in [3.8, 4) is 22.2 Å². The summed E-state index contributed by atoms with van der Waals surface area (Å²) in [6.07, 6.45) is 2.52. The van der Waals surface area contributed by atoms with Gasteiger partial charge in [-0.1, -0.05) is 6.07 Å². The summed E-state index contributed by atoms with van der Waals surface area (Å²) in [7, 11) is 1.64. The number of ether oxygens (including phenoxy) is 2. The number of hydrogen-bond donors (Lipinski definition) is 3. The molecule has 2 atom stereocenters. The second-order valence-corrected chi connectivity index (χ2v) is 10.3. The molecule has 38 heavy (non-hydrogen) atoms. The number of fused-ring (bicyclic) bond motifs is 3. The van der Waals surface area contributed by atoms with Gasteiger partial charge in [-0.3, -0.25) is 9.89 Å². The standard InChI is InChI=1S/C28H24N6O3S/c1-3-37-23-9-8-21(26-29-10-11-38-26)30-25(23)32-24-17-6-4-15(12-22(17)33-34-24)19-14-28(19)18-13-16(36-2)5-7-20(18)31-27(28)35/h4-13,19H,3,14H2,1-2H3,(H,31,35)(H2,30,32,33,34)/t19-,28-/m0/s1. The van der Waals surface area contributed by atoms with Crippen LogP contribution in [0.15, 0.2) is 60.1 Å². The number of nitrogens with zero attached hydrogens (tertiary/aromatic N) is 3. The van der Waals surface area contributed by atoms with Gasteiger partial charge in [0, 0.05) is 28.6 Å². The number of pyridine rings is 1. The van der Waals surface area contributed by atoms with Gasteiger partial charge >= 0.3 is 0 Å². The highest BCUT2D eigenvalue weighted by atomic mass is 32.1. The molecule has 0 saturated heterocycles. The average Bonchev–Trinajstić information content (AvgIpc) is 3.20. The van der Waals surface area contributed by atoms with Crippen LogP contribution in [-0.2, 0) is 10.2 Å². The molecule has 10 heteroatoms. The third-order valence-electron chi connectivity index (χ3n) is 7.36. The van der Waals surface area contributed by atoms with Crippen molar-refractivity contribution in [3.05, 3.63) is 71.2 Å². The fraction of sp³-hybridized carbons (Fsp3) is 0.214. The first-order chi connectivity index (χ1) is 18.6. The summed E-state index contributed by atoms with van der Waals surface area (Å²) in [5.74, 6) is 2.75. The van der Waals surface area contributed by atoms with E-state index in [0.717, 1.165) is 50.6 Å². The topological polar surface area (TPSA) is 114 Å². The highest BCUT2D eigenvalue weighted by Gasteiger charge is 2.65. The lowest BCUT2D eigenvalue weighted by Crippen LogP contribution is -2.21. The normalized spacial score (nSPS) is 19.4. The number of carbonyl (C=O) groups is 1. The predicted molar refractivity (Wildman–Crippen MR) is 147 cm³/mol. The Kier molecular flexibility index (Phi) is 5.12. The molecule has 190 valence electrons.